The molecule has 2 aliphatic heterocycles. The molecule has 1 aromatic heterocycles. The van der Waals surface area contributed by atoms with Gasteiger partial charge in [0.1, 0.15) is 11.6 Å². The van der Waals surface area contributed by atoms with Gasteiger partial charge in [-0.3, -0.25) is 9.69 Å². The highest BCUT2D eigenvalue weighted by molar-refractivity contribution is 5.90. The Morgan fingerprint density at radius 1 is 1.12 bits per heavy atom. The van der Waals surface area contributed by atoms with Crippen LogP contribution >= 0.6 is 0 Å². The Bertz CT molecular complexity index is 784. The molecule has 1 aromatic carbocycles. The molecule has 3 heterocycles. The smallest absolute Gasteiger partial charge is 0.289 e. The zero-order chi connectivity index (χ0) is 17.9. The molecule has 0 aliphatic carbocycles. The number of nitrogens with one attached hydrogen (secondary N) is 1. The van der Waals surface area contributed by atoms with Crippen LogP contribution in [0.25, 0.3) is 0 Å². The number of halogens is 1. The van der Waals surface area contributed by atoms with Gasteiger partial charge in [-0.15, -0.1) is 10.2 Å². The second-order valence-electron chi connectivity index (χ2n) is 7.04. The quantitative estimate of drug-likeness (QED) is 0.892. The molecular weight excluding hydrogens is 333 g/mol. The highest BCUT2D eigenvalue weighted by atomic mass is 19.1. The van der Waals surface area contributed by atoms with Gasteiger partial charge in [0.15, 0.2) is 0 Å². The van der Waals surface area contributed by atoms with Crippen LogP contribution in [0.4, 0.5) is 4.39 Å². The van der Waals surface area contributed by atoms with Gasteiger partial charge in [-0.05, 0) is 44.8 Å². The molecule has 2 aliphatic rings. The first kappa shape index (κ1) is 17.1. The van der Waals surface area contributed by atoms with Crippen molar-refractivity contribution in [3.63, 3.8) is 0 Å². The molecule has 1 amide bonds. The molecule has 1 saturated heterocycles. The van der Waals surface area contributed by atoms with Gasteiger partial charge in [0, 0.05) is 25.1 Å². The Balaban J connectivity index is 1.50. The Morgan fingerprint density at radius 3 is 2.69 bits per heavy atom. The third kappa shape index (κ3) is 3.35. The minimum absolute atomic E-state index is 0.161. The Kier molecular flexibility index (Phi) is 4.97. The van der Waals surface area contributed by atoms with Crippen LogP contribution in [-0.2, 0) is 13.0 Å². The number of hydrogen-bond acceptors (Lipinski definition) is 4. The second-order valence-corrected chi connectivity index (χ2v) is 7.04. The first-order chi connectivity index (χ1) is 12.7. The van der Waals surface area contributed by atoms with E-state index in [2.05, 4.69) is 20.4 Å². The minimum Gasteiger partial charge on any atom is -0.347 e. The normalized spacial score (nSPS) is 18.5. The summed E-state index contributed by atoms with van der Waals surface area (Å²) in [6.45, 7) is 3.00. The number of amides is 1. The molecular formula is C19H24FN5O. The van der Waals surface area contributed by atoms with Crippen LogP contribution in [-0.4, -0.2) is 45.2 Å². The van der Waals surface area contributed by atoms with Crippen molar-refractivity contribution in [2.75, 3.05) is 19.6 Å². The number of hydrogen-bond donors (Lipinski definition) is 1. The van der Waals surface area contributed by atoms with Crippen LogP contribution in [0.5, 0.6) is 0 Å². The molecule has 26 heavy (non-hydrogen) atoms. The molecule has 0 radical (unpaired) electrons. The minimum atomic E-state index is -0.230. The van der Waals surface area contributed by atoms with Gasteiger partial charge in [-0.2, -0.15) is 0 Å². The van der Waals surface area contributed by atoms with E-state index in [1.54, 1.807) is 6.07 Å². The number of nitrogens with zero attached hydrogens (tertiary/aromatic N) is 4. The molecule has 7 heteroatoms. The predicted molar refractivity (Wildman–Crippen MR) is 95.2 cm³/mol. The zero-order valence-electron chi connectivity index (χ0n) is 14.8. The number of aromatic nitrogens is 3. The van der Waals surface area contributed by atoms with Crippen LogP contribution in [0.1, 0.15) is 53.7 Å². The summed E-state index contributed by atoms with van der Waals surface area (Å²) in [5, 5.41) is 11.2. The largest absolute Gasteiger partial charge is 0.347 e. The monoisotopic (exact) mass is 357 g/mol. The number of fused-ring (bicyclic) bond motifs is 1. The average molecular weight is 357 g/mol. The van der Waals surface area contributed by atoms with E-state index in [1.165, 1.54) is 6.07 Å². The molecule has 0 spiro atoms. The van der Waals surface area contributed by atoms with Crippen molar-refractivity contribution in [2.45, 2.75) is 44.7 Å². The van der Waals surface area contributed by atoms with Gasteiger partial charge in [0.2, 0.25) is 5.82 Å². The fourth-order valence-corrected chi connectivity index (χ4v) is 3.98. The summed E-state index contributed by atoms with van der Waals surface area (Å²) in [5.41, 5.74) is 0.637. The average Bonchev–Trinajstić information content (AvgIpc) is 3.33. The van der Waals surface area contributed by atoms with E-state index >= 15 is 0 Å². The lowest BCUT2D eigenvalue weighted by molar-refractivity contribution is 0.0921. The Morgan fingerprint density at radius 2 is 1.88 bits per heavy atom. The van der Waals surface area contributed by atoms with E-state index in [4.69, 9.17) is 0 Å². The fraction of sp³-hybridized carbons (Fsp3) is 0.526. The van der Waals surface area contributed by atoms with Gasteiger partial charge in [-0.1, -0.05) is 18.2 Å². The highest BCUT2D eigenvalue weighted by Crippen LogP contribution is 2.26. The summed E-state index contributed by atoms with van der Waals surface area (Å²) in [6.07, 6.45) is 5.21. The number of carbonyl (C=O) groups is 1. The fourth-order valence-electron chi connectivity index (χ4n) is 3.98. The SMILES string of the molecule is O=C(NCC(c1ccccc1F)N1CCCC1)c1nnc2n1CCCC2. The summed E-state index contributed by atoms with van der Waals surface area (Å²) >= 11 is 0. The van der Waals surface area contributed by atoms with Gasteiger partial charge in [0.25, 0.3) is 5.91 Å². The predicted octanol–water partition coefficient (Wildman–Crippen LogP) is 2.32. The first-order valence-corrected chi connectivity index (χ1v) is 9.43. The van der Waals surface area contributed by atoms with Crippen LogP contribution < -0.4 is 5.32 Å². The third-order valence-electron chi connectivity index (χ3n) is 5.36. The number of likely N-dealkylation sites (tertiary alicyclic amines) is 1. The molecule has 0 bridgehead atoms. The number of aryl methyl sites for hydroxylation is 1. The van der Waals surface area contributed by atoms with Crippen molar-refractivity contribution in [3.8, 4) is 0 Å². The number of carbonyl (C=O) groups excluding carboxylic acids is 1. The van der Waals surface area contributed by atoms with E-state index < -0.39 is 0 Å². The van der Waals surface area contributed by atoms with Crippen molar-refractivity contribution in [1.29, 1.82) is 0 Å². The van der Waals surface area contributed by atoms with E-state index in [0.717, 1.165) is 57.6 Å². The van der Waals surface area contributed by atoms with Gasteiger partial charge >= 0.3 is 0 Å². The summed E-state index contributed by atoms with van der Waals surface area (Å²) in [4.78, 5) is 14.9. The molecule has 1 N–H and O–H groups in total. The lowest BCUT2D eigenvalue weighted by Gasteiger charge is -2.28. The molecule has 1 fully saturated rings. The summed E-state index contributed by atoms with van der Waals surface area (Å²) in [7, 11) is 0. The Hall–Kier alpha value is -2.28. The molecule has 6 nitrogen and oxygen atoms in total. The highest BCUT2D eigenvalue weighted by Gasteiger charge is 2.27. The summed E-state index contributed by atoms with van der Waals surface area (Å²) in [6, 6.07) is 6.67. The van der Waals surface area contributed by atoms with Crippen molar-refractivity contribution < 1.29 is 9.18 Å². The van der Waals surface area contributed by atoms with E-state index in [9.17, 15) is 9.18 Å². The molecule has 0 saturated carbocycles. The van der Waals surface area contributed by atoms with Crippen LogP contribution in [0.15, 0.2) is 24.3 Å². The molecule has 138 valence electrons. The zero-order valence-corrected chi connectivity index (χ0v) is 14.8. The van der Waals surface area contributed by atoms with Crippen molar-refractivity contribution >= 4 is 5.91 Å². The molecule has 4 rings (SSSR count). The van der Waals surface area contributed by atoms with E-state index in [0.29, 0.717) is 17.9 Å². The maximum absolute atomic E-state index is 14.4. The summed E-state index contributed by atoms with van der Waals surface area (Å²) in [5.74, 6) is 0.796. The lowest BCUT2D eigenvalue weighted by atomic mass is 10.0. The van der Waals surface area contributed by atoms with E-state index in [-0.39, 0.29) is 17.8 Å². The second kappa shape index (κ2) is 7.53. The maximum Gasteiger partial charge on any atom is 0.289 e. The van der Waals surface area contributed by atoms with Crippen molar-refractivity contribution in [2.24, 2.45) is 0 Å². The van der Waals surface area contributed by atoms with Gasteiger partial charge in [0.05, 0.1) is 6.04 Å². The topological polar surface area (TPSA) is 63.1 Å². The number of benzene rings is 1. The van der Waals surface area contributed by atoms with Gasteiger partial charge < -0.3 is 9.88 Å². The molecule has 1 unspecified atom stereocenters. The standard InChI is InChI=1S/C19H24FN5O/c20-15-8-2-1-7-14(15)16(24-10-5-6-11-24)13-21-19(26)18-23-22-17-9-3-4-12-25(17)18/h1-2,7-8,16H,3-6,9-13H2,(H,21,26). The molecule has 2 aromatic rings. The van der Waals surface area contributed by atoms with Crippen LogP contribution in [0.3, 0.4) is 0 Å². The van der Waals surface area contributed by atoms with Crippen LogP contribution in [0, 0.1) is 5.82 Å². The van der Waals surface area contributed by atoms with Crippen molar-refractivity contribution in [1.82, 2.24) is 25.0 Å². The molecule has 1 atom stereocenters. The first-order valence-electron chi connectivity index (χ1n) is 9.43. The Labute approximate surface area is 152 Å². The van der Waals surface area contributed by atoms with E-state index in [1.807, 2.05) is 16.7 Å². The summed E-state index contributed by atoms with van der Waals surface area (Å²) < 4.78 is 16.3. The third-order valence-corrected chi connectivity index (χ3v) is 5.36. The van der Waals surface area contributed by atoms with Crippen LogP contribution in [0.2, 0.25) is 0 Å². The maximum atomic E-state index is 14.4. The van der Waals surface area contributed by atoms with Gasteiger partial charge in [-0.25, -0.2) is 4.39 Å². The van der Waals surface area contributed by atoms with Crippen molar-refractivity contribution in [3.05, 3.63) is 47.3 Å². The lowest BCUT2D eigenvalue weighted by Crippen LogP contribution is -2.38. The number of rotatable bonds is 5.